The van der Waals surface area contributed by atoms with Crippen molar-refractivity contribution >= 4 is 21.2 Å². The second-order valence-electron chi connectivity index (χ2n) is 2.89. The van der Waals surface area contributed by atoms with Crippen LogP contribution in [0.1, 0.15) is 6.92 Å². The minimum absolute atomic E-state index is 0.469. The largest absolute Gasteiger partial charge is 0.143 e. The van der Waals surface area contributed by atoms with Crippen molar-refractivity contribution in [2.75, 3.05) is 0 Å². The summed E-state index contributed by atoms with van der Waals surface area (Å²) in [4.78, 5) is 0.969. The molecule has 0 bridgehead atoms. The van der Waals surface area contributed by atoms with Gasteiger partial charge in [0.2, 0.25) is 0 Å². The van der Waals surface area contributed by atoms with Gasteiger partial charge in [0.1, 0.15) is 0 Å². The summed E-state index contributed by atoms with van der Waals surface area (Å²) in [6.07, 6.45) is 3.66. The molecule has 68 valence electrons. The van der Waals surface area contributed by atoms with Gasteiger partial charge in [0.15, 0.2) is 0 Å². The molecular weight excluding hydrogens is 195 g/mol. The number of thiol groups is 1. The van der Waals surface area contributed by atoms with Gasteiger partial charge in [0.05, 0.1) is 0 Å². The van der Waals surface area contributed by atoms with Gasteiger partial charge >= 0.3 is 0 Å². The lowest BCUT2D eigenvalue weighted by Crippen LogP contribution is -1.99. The molecule has 0 spiro atoms. The molecule has 1 aliphatic rings. The van der Waals surface area contributed by atoms with Gasteiger partial charge in [-0.05, 0) is 17.5 Å². The minimum atomic E-state index is 0.469. The second kappa shape index (κ2) is 4.67. The van der Waals surface area contributed by atoms with Crippen molar-refractivity contribution in [2.24, 2.45) is 0 Å². The summed E-state index contributed by atoms with van der Waals surface area (Å²) < 4.78 is 0. The Morgan fingerprint density at radius 2 is 2.38 bits per heavy atom. The first-order valence-corrected chi connectivity index (χ1v) is 5.69. The van der Waals surface area contributed by atoms with E-state index in [0.717, 1.165) is 24.6 Å². The topological polar surface area (TPSA) is 0 Å². The predicted molar refractivity (Wildman–Crippen MR) is 65.8 cm³/mol. The van der Waals surface area contributed by atoms with E-state index in [-0.39, 0.29) is 0 Å². The third-order valence-electron chi connectivity index (χ3n) is 1.93. The SMILES string of the molecule is C=CC1=C=C/C(S)=C\PC(C)C1=C. The van der Waals surface area contributed by atoms with Crippen molar-refractivity contribution in [1.29, 1.82) is 0 Å². The van der Waals surface area contributed by atoms with E-state index in [4.69, 9.17) is 0 Å². The average molecular weight is 208 g/mol. The van der Waals surface area contributed by atoms with Crippen molar-refractivity contribution in [1.82, 2.24) is 0 Å². The van der Waals surface area contributed by atoms with Gasteiger partial charge in [-0.25, -0.2) is 0 Å². The maximum atomic E-state index is 4.30. The highest BCUT2D eigenvalue weighted by Gasteiger charge is 2.08. The molecule has 0 aromatic carbocycles. The Morgan fingerprint density at radius 3 is 3.00 bits per heavy atom. The van der Waals surface area contributed by atoms with Gasteiger partial charge < -0.3 is 0 Å². The van der Waals surface area contributed by atoms with Gasteiger partial charge in [-0.2, -0.15) is 0 Å². The third kappa shape index (κ3) is 2.74. The lowest BCUT2D eigenvalue weighted by atomic mass is 10.1. The number of allylic oxidation sites excluding steroid dienone is 3. The summed E-state index contributed by atoms with van der Waals surface area (Å²) in [6, 6.07) is 0. The molecule has 0 aromatic heterocycles. The minimum Gasteiger partial charge on any atom is -0.143 e. The van der Waals surface area contributed by atoms with Crippen LogP contribution in [0.3, 0.4) is 0 Å². The molecule has 2 atom stereocenters. The summed E-state index contributed by atoms with van der Waals surface area (Å²) in [6.45, 7) is 9.94. The van der Waals surface area contributed by atoms with Gasteiger partial charge in [-0.3, -0.25) is 0 Å². The van der Waals surface area contributed by atoms with E-state index in [0.29, 0.717) is 5.66 Å². The smallest absolute Gasteiger partial charge is 0.0191 e. The monoisotopic (exact) mass is 208 g/mol. The summed E-state index contributed by atoms with van der Waals surface area (Å²) in [5, 5.41) is 0. The molecule has 13 heavy (non-hydrogen) atoms. The van der Waals surface area contributed by atoms with Crippen LogP contribution in [0.2, 0.25) is 0 Å². The fourth-order valence-electron chi connectivity index (χ4n) is 1.02. The highest BCUT2D eigenvalue weighted by Crippen LogP contribution is 2.33. The van der Waals surface area contributed by atoms with Gasteiger partial charge in [-0.15, -0.1) is 18.4 Å². The molecule has 2 heteroatoms. The first-order chi connectivity index (χ1) is 6.15. The molecule has 1 heterocycles. The molecule has 0 saturated carbocycles. The molecule has 0 amide bonds. The molecular formula is C11H13PS. The zero-order chi connectivity index (χ0) is 9.84. The van der Waals surface area contributed by atoms with Gasteiger partial charge in [0.25, 0.3) is 0 Å². The van der Waals surface area contributed by atoms with E-state index in [1.807, 2.05) is 6.08 Å². The fraction of sp³-hybridized carbons (Fsp3) is 0.182. The van der Waals surface area contributed by atoms with E-state index in [2.05, 4.69) is 44.3 Å². The highest BCUT2D eigenvalue weighted by atomic mass is 32.1. The van der Waals surface area contributed by atoms with E-state index < -0.39 is 0 Å². The molecule has 0 radical (unpaired) electrons. The zero-order valence-electron chi connectivity index (χ0n) is 7.67. The molecule has 0 saturated heterocycles. The number of hydrogen-bond acceptors (Lipinski definition) is 1. The van der Waals surface area contributed by atoms with Crippen LogP contribution in [0, 0.1) is 0 Å². The third-order valence-corrected chi connectivity index (χ3v) is 3.76. The van der Waals surface area contributed by atoms with Crippen LogP contribution in [0.5, 0.6) is 0 Å². The molecule has 0 nitrogen and oxygen atoms in total. The summed E-state index contributed by atoms with van der Waals surface area (Å²) in [5.41, 5.74) is 5.72. The molecule has 1 aliphatic heterocycles. The van der Waals surface area contributed by atoms with Crippen LogP contribution in [0.4, 0.5) is 0 Å². The predicted octanol–water partition coefficient (Wildman–Crippen LogP) is 3.66. The Bertz CT molecular complexity index is 330. The number of rotatable bonds is 1. The van der Waals surface area contributed by atoms with E-state index >= 15 is 0 Å². The second-order valence-corrected chi connectivity index (χ2v) is 4.89. The van der Waals surface area contributed by atoms with E-state index in [1.54, 1.807) is 6.08 Å². The Morgan fingerprint density at radius 1 is 1.69 bits per heavy atom. The van der Waals surface area contributed by atoms with Crippen molar-refractivity contribution in [3.63, 3.8) is 0 Å². The van der Waals surface area contributed by atoms with E-state index in [1.165, 1.54) is 0 Å². The van der Waals surface area contributed by atoms with Crippen LogP contribution < -0.4 is 0 Å². The molecule has 0 N–H and O–H groups in total. The molecule has 2 unspecified atom stereocenters. The molecule has 1 rings (SSSR count). The summed E-state index contributed by atoms with van der Waals surface area (Å²) in [5.74, 6) is 2.12. The highest BCUT2D eigenvalue weighted by molar-refractivity contribution is 7.85. The summed E-state index contributed by atoms with van der Waals surface area (Å²) >= 11 is 4.30. The Balaban J connectivity index is 3.14. The van der Waals surface area contributed by atoms with E-state index in [9.17, 15) is 0 Å². The molecule has 0 aromatic rings. The fourth-order valence-corrected chi connectivity index (χ4v) is 2.17. The van der Waals surface area contributed by atoms with Crippen LogP contribution in [0.15, 0.2) is 52.9 Å². The quantitative estimate of drug-likeness (QED) is 0.379. The lowest BCUT2D eigenvalue weighted by molar-refractivity contribution is 1.15. The lowest BCUT2D eigenvalue weighted by Gasteiger charge is -2.14. The Hall–Kier alpha value is -0.480. The Kier molecular flexibility index (Phi) is 3.81. The zero-order valence-corrected chi connectivity index (χ0v) is 9.57. The number of hydrogen-bond donors (Lipinski definition) is 1. The van der Waals surface area contributed by atoms with Crippen molar-refractivity contribution in [3.8, 4) is 0 Å². The maximum Gasteiger partial charge on any atom is 0.0191 e. The van der Waals surface area contributed by atoms with Gasteiger partial charge in [0, 0.05) is 16.1 Å². The first kappa shape index (κ1) is 10.6. The van der Waals surface area contributed by atoms with Crippen molar-refractivity contribution < 1.29 is 0 Å². The normalized spacial score (nSPS) is 28.8. The standard InChI is InChI=1S/C11H13PS/c1-4-10-5-6-11(13)7-12-9(3)8(10)2/h4,6-7,9,12-13H,1-2H2,3H3/b11-7+. The van der Waals surface area contributed by atoms with Crippen LogP contribution in [0.25, 0.3) is 0 Å². The van der Waals surface area contributed by atoms with Crippen LogP contribution >= 0.6 is 21.2 Å². The average Bonchev–Trinajstić information content (AvgIpc) is 2.13. The van der Waals surface area contributed by atoms with Crippen molar-refractivity contribution in [2.45, 2.75) is 12.6 Å². The van der Waals surface area contributed by atoms with Crippen LogP contribution in [-0.2, 0) is 0 Å². The first-order valence-electron chi connectivity index (χ1n) is 4.08. The summed E-state index contributed by atoms with van der Waals surface area (Å²) in [7, 11) is 0.736. The maximum absolute atomic E-state index is 4.30. The molecule has 0 fully saturated rings. The van der Waals surface area contributed by atoms with Gasteiger partial charge in [-0.1, -0.05) is 34.7 Å². The molecule has 0 aliphatic carbocycles. The Labute approximate surface area is 87.0 Å². The van der Waals surface area contributed by atoms with Crippen molar-refractivity contribution in [3.05, 3.63) is 52.9 Å². The van der Waals surface area contributed by atoms with Crippen LogP contribution in [-0.4, -0.2) is 5.66 Å².